The molecule has 3 heterocycles. The fourth-order valence-corrected chi connectivity index (χ4v) is 5.78. The fraction of sp³-hybridized carbons (Fsp3) is 0.658. The number of nitrogens with two attached hydrogens (primary N) is 1. The van der Waals surface area contributed by atoms with Gasteiger partial charge in [0.1, 0.15) is 41.2 Å². The fourth-order valence-electron chi connectivity index (χ4n) is 5.78. The first-order chi connectivity index (χ1) is 26.0. The Balaban J connectivity index is 0.00000113. The van der Waals surface area contributed by atoms with Crippen LogP contribution in [0.15, 0.2) is 30.6 Å². The molecule has 1 saturated heterocycles. The number of hydrogen-bond acceptors (Lipinski definition) is 12. The number of aliphatic hydroxyl groups excluding tert-OH is 1. The Morgan fingerprint density at radius 2 is 1.54 bits per heavy atom. The standard InChI is InChI=1S/C36H55N5O9.C2HF3O2/c1-33(2,3)47-30(43)36(10,50-37)29-14-12-25-15-24(11-13-28(25)46-29)26-20-40(19-23-17-39(18-23)32(45)49-35(7,8)9)41(21-26)22-27(42)16-38-31(44)48-34(4,5)6;3-2(4,5)1(6)7/h11,13,15,20-21,23,27,29,42H,12,14,16-19,22,37H2,1-10H3;(H,6,7)/t27-,29+,36-;/m0./s1. The predicted octanol–water partition coefficient (Wildman–Crippen LogP) is 3.18. The molecule has 0 bridgehead atoms. The Morgan fingerprint density at radius 1 is 0.965 bits per heavy atom. The van der Waals surface area contributed by atoms with Crippen molar-refractivity contribution in [3.05, 3.63) is 36.2 Å². The van der Waals surface area contributed by atoms with Gasteiger partial charge in [-0.25, -0.2) is 20.3 Å². The number of likely N-dealkylation sites (tertiary alicyclic amines) is 1. The molecule has 1 aromatic heterocycles. The average Bonchev–Trinajstić information content (AvgIpc) is 3.43. The number of fused-ring (bicyclic) bond motifs is 1. The van der Waals surface area contributed by atoms with Crippen LogP contribution in [-0.2, 0) is 48.1 Å². The molecule has 0 unspecified atom stereocenters. The number of nitrogens with zero attached hydrogens (tertiary/aromatic N) is 3. The first-order valence-electron chi connectivity index (χ1n) is 18.4. The molecule has 320 valence electrons. The molecule has 0 aliphatic carbocycles. The van der Waals surface area contributed by atoms with Gasteiger partial charge in [-0.15, -0.1) is 4.68 Å². The summed E-state index contributed by atoms with van der Waals surface area (Å²) in [4.78, 5) is 53.4. The van der Waals surface area contributed by atoms with E-state index in [1.807, 2.05) is 54.7 Å². The number of amides is 2. The highest BCUT2D eigenvalue weighted by atomic mass is 19.4. The average molecular weight is 816 g/mol. The molecule has 57 heavy (non-hydrogen) atoms. The van der Waals surface area contributed by atoms with Gasteiger partial charge in [0.15, 0.2) is 6.54 Å². The van der Waals surface area contributed by atoms with Gasteiger partial charge in [-0.2, -0.15) is 17.9 Å². The number of aryl methyl sites for hydroxylation is 1. The topological polar surface area (TPSA) is 208 Å². The van der Waals surface area contributed by atoms with Gasteiger partial charge < -0.3 is 44.2 Å². The summed E-state index contributed by atoms with van der Waals surface area (Å²) < 4.78 is 58.2. The van der Waals surface area contributed by atoms with Crippen molar-refractivity contribution < 1.29 is 71.0 Å². The normalized spacial score (nSPS) is 17.7. The molecule has 2 aliphatic rings. The Labute approximate surface area is 330 Å². The van der Waals surface area contributed by atoms with Crippen molar-refractivity contribution in [2.24, 2.45) is 11.8 Å². The lowest BCUT2D eigenvalue weighted by Crippen LogP contribution is -2.58. The zero-order valence-electron chi connectivity index (χ0n) is 34.2. The second-order valence-corrected chi connectivity index (χ2v) is 17.2. The van der Waals surface area contributed by atoms with Crippen molar-refractivity contribution >= 4 is 24.1 Å². The molecule has 2 aliphatic heterocycles. The van der Waals surface area contributed by atoms with Crippen LogP contribution < -0.4 is 25.7 Å². The first kappa shape index (κ1) is 46.8. The second kappa shape index (κ2) is 17.9. The molecule has 0 radical (unpaired) electrons. The van der Waals surface area contributed by atoms with Crippen LogP contribution in [-0.4, -0.2) is 99.2 Å². The lowest BCUT2D eigenvalue weighted by atomic mass is 9.89. The number of alkyl carbamates (subject to hydrolysis) is 1. The molecule has 4 rings (SSSR count). The molecule has 1 fully saturated rings. The number of nitrogens with one attached hydrogen (secondary N) is 1. The van der Waals surface area contributed by atoms with Gasteiger partial charge in [0, 0.05) is 19.6 Å². The van der Waals surface area contributed by atoms with Crippen LogP contribution in [0.5, 0.6) is 5.75 Å². The lowest BCUT2D eigenvalue weighted by molar-refractivity contribution is -0.782. The third kappa shape index (κ3) is 14.1. The SMILES string of the molecule is CC(C)(C)OC(=O)NC[C@H](O)Cn1cc(-c2ccc3c(c2)CC[C@H]([C@](C)(ON)C(=O)OC(C)(C)C)O3)c[n+]1CC1CN(C(=O)OC(C)(C)C)C1.O=C([O-])C(F)(F)F. The van der Waals surface area contributed by atoms with Crippen LogP contribution in [0.3, 0.4) is 0 Å². The number of aliphatic hydroxyl groups is 1. The van der Waals surface area contributed by atoms with E-state index in [0.717, 1.165) is 16.7 Å². The van der Waals surface area contributed by atoms with Gasteiger partial charge in [0.2, 0.25) is 11.8 Å². The summed E-state index contributed by atoms with van der Waals surface area (Å²) in [5.74, 6) is 2.84. The van der Waals surface area contributed by atoms with E-state index in [0.29, 0.717) is 38.2 Å². The predicted molar refractivity (Wildman–Crippen MR) is 195 cm³/mol. The molecule has 2 amide bonds. The molecule has 4 N–H and O–H groups in total. The summed E-state index contributed by atoms with van der Waals surface area (Å²) >= 11 is 0. The third-order valence-corrected chi connectivity index (χ3v) is 8.47. The second-order valence-electron chi connectivity index (χ2n) is 17.2. The number of halogens is 3. The van der Waals surface area contributed by atoms with E-state index in [1.165, 1.54) is 0 Å². The van der Waals surface area contributed by atoms with E-state index in [1.54, 1.807) is 53.4 Å². The van der Waals surface area contributed by atoms with Crippen LogP contribution in [0.25, 0.3) is 11.1 Å². The molecule has 16 nitrogen and oxygen atoms in total. The minimum absolute atomic E-state index is 0.00432. The zero-order chi connectivity index (χ0) is 43.3. The number of aliphatic carboxylic acids is 1. The number of benzene rings is 1. The Hall–Kier alpha value is -4.62. The number of hydrogen-bond donors (Lipinski definition) is 3. The summed E-state index contributed by atoms with van der Waals surface area (Å²) in [6.45, 7) is 19.7. The van der Waals surface area contributed by atoms with Crippen LogP contribution in [0.1, 0.15) is 81.2 Å². The van der Waals surface area contributed by atoms with Crippen LogP contribution >= 0.6 is 0 Å². The number of alkyl halides is 3. The van der Waals surface area contributed by atoms with Gasteiger partial charge in [-0.3, -0.25) is 4.84 Å². The van der Waals surface area contributed by atoms with Crippen molar-refractivity contribution in [3.63, 3.8) is 0 Å². The molecular formula is C38H56F3N5O11. The Bertz CT molecular complexity index is 1720. The van der Waals surface area contributed by atoms with E-state index < -0.39 is 58.8 Å². The molecule has 19 heteroatoms. The minimum atomic E-state index is -5.19. The Morgan fingerprint density at radius 3 is 2.07 bits per heavy atom. The van der Waals surface area contributed by atoms with Gasteiger partial charge in [-0.05, 0) is 105 Å². The number of carbonyl (C=O) groups is 4. The first-order valence-corrected chi connectivity index (χ1v) is 18.4. The summed E-state index contributed by atoms with van der Waals surface area (Å²) in [5.41, 5.74) is -0.613. The number of carboxylic acids is 1. The van der Waals surface area contributed by atoms with E-state index in [-0.39, 0.29) is 25.1 Å². The highest BCUT2D eigenvalue weighted by molar-refractivity contribution is 5.80. The number of rotatable bonds is 10. The van der Waals surface area contributed by atoms with Crippen molar-refractivity contribution in [2.75, 3.05) is 19.6 Å². The molecule has 0 spiro atoms. The molecule has 1 aromatic carbocycles. The number of ether oxygens (including phenoxy) is 4. The summed E-state index contributed by atoms with van der Waals surface area (Å²) in [6.07, 6.45) is -2.60. The van der Waals surface area contributed by atoms with Crippen LogP contribution in [0.2, 0.25) is 0 Å². The lowest BCUT2D eigenvalue weighted by Gasteiger charge is -2.38. The largest absolute Gasteiger partial charge is 0.542 e. The highest BCUT2D eigenvalue weighted by Gasteiger charge is 2.48. The molecule has 2 aromatic rings. The molecular weight excluding hydrogens is 759 g/mol. The smallest absolute Gasteiger partial charge is 0.430 e. The van der Waals surface area contributed by atoms with Gasteiger partial charge >= 0.3 is 24.3 Å². The maximum Gasteiger partial charge on any atom is 0.430 e. The van der Waals surface area contributed by atoms with Crippen LogP contribution in [0, 0.1) is 5.92 Å². The zero-order valence-corrected chi connectivity index (χ0v) is 34.2. The van der Waals surface area contributed by atoms with Crippen molar-refractivity contribution in [3.8, 4) is 16.9 Å². The van der Waals surface area contributed by atoms with Crippen molar-refractivity contribution in [1.29, 1.82) is 0 Å². The maximum absolute atomic E-state index is 13.0. The van der Waals surface area contributed by atoms with E-state index in [4.69, 9.17) is 39.6 Å². The van der Waals surface area contributed by atoms with E-state index in [2.05, 4.69) is 11.4 Å². The number of carboxylic acid groups (broad SMARTS) is 1. The van der Waals surface area contributed by atoms with Crippen molar-refractivity contribution in [2.45, 2.75) is 136 Å². The number of carbonyl (C=O) groups excluding carboxylic acids is 4. The highest BCUT2D eigenvalue weighted by Crippen LogP contribution is 2.36. The molecule has 0 saturated carbocycles. The quantitative estimate of drug-likeness (QED) is 0.137. The number of aromatic nitrogens is 2. The van der Waals surface area contributed by atoms with Gasteiger partial charge in [0.05, 0.1) is 23.8 Å². The summed E-state index contributed by atoms with van der Waals surface area (Å²) in [5, 5.41) is 22.3. The summed E-state index contributed by atoms with van der Waals surface area (Å²) in [6, 6.07) is 5.86. The minimum Gasteiger partial charge on any atom is -0.542 e. The van der Waals surface area contributed by atoms with Gasteiger partial charge in [0.25, 0.3) is 0 Å². The molecule has 3 atom stereocenters. The van der Waals surface area contributed by atoms with E-state index >= 15 is 0 Å². The maximum atomic E-state index is 13.0. The Kier molecular flexibility index (Phi) is 14.7. The summed E-state index contributed by atoms with van der Waals surface area (Å²) in [7, 11) is 0. The van der Waals surface area contributed by atoms with Gasteiger partial charge in [-0.1, -0.05) is 6.07 Å². The number of esters is 1. The third-order valence-electron chi connectivity index (χ3n) is 8.47. The van der Waals surface area contributed by atoms with Crippen LogP contribution in [0.4, 0.5) is 22.8 Å². The monoisotopic (exact) mass is 815 g/mol. The van der Waals surface area contributed by atoms with E-state index in [9.17, 15) is 32.7 Å². The van der Waals surface area contributed by atoms with Crippen molar-refractivity contribution in [1.82, 2.24) is 14.9 Å².